The van der Waals surface area contributed by atoms with E-state index in [1.165, 1.54) is 4.90 Å². The van der Waals surface area contributed by atoms with Crippen LogP contribution in [0.4, 0.5) is 13.2 Å². The third kappa shape index (κ3) is 2.45. The first kappa shape index (κ1) is 14.6. The molecule has 2 N–H and O–H groups in total. The number of fused-ring (bicyclic) bond motifs is 1. The summed E-state index contributed by atoms with van der Waals surface area (Å²) in [6.07, 6.45) is -2.75. The maximum absolute atomic E-state index is 12.9. The van der Waals surface area contributed by atoms with Gasteiger partial charge in [-0.3, -0.25) is 9.69 Å². The first-order valence-corrected chi connectivity index (χ1v) is 6.55. The highest BCUT2D eigenvalue weighted by atomic mass is 19.4. The number of hydrogen-bond donors (Lipinski definition) is 1. The van der Waals surface area contributed by atoms with E-state index in [0.717, 1.165) is 26.3 Å². The van der Waals surface area contributed by atoms with E-state index < -0.39 is 17.6 Å². The summed E-state index contributed by atoms with van der Waals surface area (Å²) in [6.45, 7) is 4.48. The summed E-state index contributed by atoms with van der Waals surface area (Å²) in [5, 5.41) is 0. The van der Waals surface area contributed by atoms with Gasteiger partial charge < -0.3 is 10.6 Å². The van der Waals surface area contributed by atoms with Gasteiger partial charge in [0, 0.05) is 25.2 Å². The van der Waals surface area contributed by atoms with Gasteiger partial charge in [-0.1, -0.05) is 0 Å². The lowest BCUT2D eigenvalue weighted by Crippen LogP contribution is -2.67. The molecule has 0 bridgehead atoms. The minimum atomic E-state index is -4.73. The first-order chi connectivity index (χ1) is 8.64. The maximum atomic E-state index is 12.9. The molecule has 2 aliphatic heterocycles. The molecule has 0 saturated carbocycles. The van der Waals surface area contributed by atoms with Gasteiger partial charge in [0.05, 0.1) is 0 Å². The molecular weight excluding hydrogens is 259 g/mol. The van der Waals surface area contributed by atoms with E-state index in [-0.39, 0.29) is 12.1 Å². The van der Waals surface area contributed by atoms with E-state index in [2.05, 4.69) is 4.90 Å². The topological polar surface area (TPSA) is 49.6 Å². The van der Waals surface area contributed by atoms with E-state index in [1.54, 1.807) is 6.92 Å². The Hall–Kier alpha value is -0.820. The Kier molecular flexibility index (Phi) is 3.55. The molecule has 1 amide bonds. The van der Waals surface area contributed by atoms with Crippen LogP contribution in [0.3, 0.4) is 0 Å². The minimum absolute atomic E-state index is 0.184. The van der Waals surface area contributed by atoms with Gasteiger partial charge in [-0.25, -0.2) is 0 Å². The monoisotopic (exact) mass is 279 g/mol. The fraction of sp³-hybridized carbons (Fsp3) is 0.917. The standard InChI is InChI=1S/C12H20F3N3O/c1-8-6-17-5-3-4-9(17)7-18(8)10(19)11(2,16)12(13,14)15/h8-9H,3-7,16H2,1-2H3. The highest BCUT2D eigenvalue weighted by Crippen LogP contribution is 2.32. The lowest BCUT2D eigenvalue weighted by Gasteiger charge is -2.45. The molecule has 0 radical (unpaired) electrons. The Morgan fingerprint density at radius 1 is 1.32 bits per heavy atom. The predicted octanol–water partition coefficient (Wildman–Crippen LogP) is 0.961. The lowest BCUT2D eigenvalue weighted by molar-refractivity contribution is -0.196. The molecule has 0 aromatic heterocycles. The zero-order valence-electron chi connectivity index (χ0n) is 11.2. The van der Waals surface area contributed by atoms with Crippen LogP contribution in [-0.4, -0.2) is 59.1 Å². The molecule has 2 saturated heterocycles. The maximum Gasteiger partial charge on any atom is 0.415 e. The van der Waals surface area contributed by atoms with Gasteiger partial charge >= 0.3 is 6.18 Å². The number of nitrogens with zero attached hydrogens (tertiary/aromatic N) is 2. The Labute approximate surface area is 110 Å². The van der Waals surface area contributed by atoms with Gasteiger partial charge in [-0.05, 0) is 33.2 Å². The second kappa shape index (κ2) is 4.63. The quantitative estimate of drug-likeness (QED) is 0.778. The van der Waals surface area contributed by atoms with Crippen LogP contribution in [0, 0.1) is 0 Å². The van der Waals surface area contributed by atoms with Gasteiger partial charge in [-0.2, -0.15) is 13.2 Å². The van der Waals surface area contributed by atoms with E-state index >= 15 is 0 Å². The van der Waals surface area contributed by atoms with E-state index in [9.17, 15) is 18.0 Å². The molecule has 0 spiro atoms. The van der Waals surface area contributed by atoms with Crippen LogP contribution in [0.15, 0.2) is 0 Å². The molecule has 3 unspecified atom stereocenters. The van der Waals surface area contributed by atoms with E-state index in [1.807, 2.05) is 0 Å². The van der Waals surface area contributed by atoms with Gasteiger partial charge in [0.25, 0.3) is 5.91 Å². The number of nitrogens with two attached hydrogens (primary N) is 1. The van der Waals surface area contributed by atoms with Gasteiger partial charge in [0.2, 0.25) is 0 Å². The SMILES string of the molecule is CC1CN2CCCC2CN1C(=O)C(C)(N)C(F)(F)F. The number of piperazine rings is 1. The molecule has 19 heavy (non-hydrogen) atoms. The van der Waals surface area contributed by atoms with Crippen molar-refractivity contribution in [3.63, 3.8) is 0 Å². The highest BCUT2D eigenvalue weighted by Gasteiger charge is 2.56. The second-order valence-electron chi connectivity index (χ2n) is 5.80. The van der Waals surface area contributed by atoms with E-state index in [4.69, 9.17) is 5.73 Å². The number of halogens is 3. The summed E-state index contributed by atoms with van der Waals surface area (Å²) >= 11 is 0. The fourth-order valence-electron chi connectivity index (χ4n) is 2.89. The summed E-state index contributed by atoms with van der Waals surface area (Å²) in [4.78, 5) is 15.7. The van der Waals surface area contributed by atoms with Crippen molar-refractivity contribution in [2.45, 2.75) is 50.5 Å². The first-order valence-electron chi connectivity index (χ1n) is 6.55. The number of carbonyl (C=O) groups excluding carboxylic acids is 1. The van der Waals surface area contributed by atoms with Crippen LogP contribution >= 0.6 is 0 Å². The van der Waals surface area contributed by atoms with Crippen molar-refractivity contribution in [1.29, 1.82) is 0 Å². The zero-order valence-corrected chi connectivity index (χ0v) is 11.2. The van der Waals surface area contributed by atoms with Crippen molar-refractivity contribution in [3.8, 4) is 0 Å². The molecule has 2 fully saturated rings. The lowest BCUT2D eigenvalue weighted by atomic mass is 9.98. The highest BCUT2D eigenvalue weighted by molar-refractivity contribution is 5.87. The average Bonchev–Trinajstić information content (AvgIpc) is 2.72. The summed E-state index contributed by atoms with van der Waals surface area (Å²) < 4.78 is 38.6. The van der Waals surface area contributed by atoms with Crippen LogP contribution in [0.5, 0.6) is 0 Å². The number of rotatable bonds is 1. The fourth-order valence-corrected chi connectivity index (χ4v) is 2.89. The molecule has 3 atom stereocenters. The molecule has 0 aromatic carbocycles. The van der Waals surface area contributed by atoms with Crippen LogP contribution in [0.1, 0.15) is 26.7 Å². The van der Waals surface area contributed by atoms with Crippen LogP contribution < -0.4 is 5.73 Å². The summed E-state index contributed by atoms with van der Waals surface area (Å²) in [7, 11) is 0. The summed E-state index contributed by atoms with van der Waals surface area (Å²) in [5.41, 5.74) is 2.43. The Bertz CT molecular complexity index is 370. The molecule has 0 aliphatic carbocycles. The van der Waals surface area contributed by atoms with E-state index in [0.29, 0.717) is 13.1 Å². The third-order valence-electron chi connectivity index (χ3n) is 4.23. The van der Waals surface area contributed by atoms with Crippen LogP contribution in [0.25, 0.3) is 0 Å². The van der Waals surface area contributed by atoms with Crippen LogP contribution in [-0.2, 0) is 4.79 Å². The summed E-state index contributed by atoms with van der Waals surface area (Å²) in [5.74, 6) is -1.01. The molecule has 2 aliphatic rings. The number of amides is 1. The molecular formula is C12H20F3N3O. The largest absolute Gasteiger partial charge is 0.415 e. The van der Waals surface area contributed by atoms with Gasteiger partial charge in [0.15, 0.2) is 5.54 Å². The third-order valence-corrected chi connectivity index (χ3v) is 4.23. The Balaban J connectivity index is 2.15. The second-order valence-corrected chi connectivity index (χ2v) is 5.80. The molecule has 110 valence electrons. The van der Waals surface area contributed by atoms with Crippen molar-refractivity contribution in [2.24, 2.45) is 5.73 Å². The Morgan fingerprint density at radius 3 is 2.53 bits per heavy atom. The minimum Gasteiger partial charge on any atom is -0.335 e. The Morgan fingerprint density at radius 2 is 1.95 bits per heavy atom. The zero-order chi connectivity index (χ0) is 14.4. The normalized spacial score (nSPS) is 32.0. The smallest absolute Gasteiger partial charge is 0.335 e. The molecule has 2 rings (SSSR count). The van der Waals surface area contributed by atoms with Crippen molar-refractivity contribution < 1.29 is 18.0 Å². The number of carbonyl (C=O) groups is 1. The molecule has 2 heterocycles. The average molecular weight is 279 g/mol. The van der Waals surface area contributed by atoms with Crippen molar-refractivity contribution in [2.75, 3.05) is 19.6 Å². The number of alkyl halides is 3. The van der Waals surface area contributed by atoms with Crippen molar-refractivity contribution in [1.82, 2.24) is 9.80 Å². The molecule has 7 heteroatoms. The molecule has 0 aromatic rings. The van der Waals surface area contributed by atoms with Crippen molar-refractivity contribution >= 4 is 5.91 Å². The van der Waals surface area contributed by atoms with Gasteiger partial charge in [0.1, 0.15) is 0 Å². The predicted molar refractivity (Wildman–Crippen MR) is 64.4 cm³/mol. The summed E-state index contributed by atoms with van der Waals surface area (Å²) in [6, 6.07) is -0.0451. The molecule has 4 nitrogen and oxygen atoms in total. The van der Waals surface area contributed by atoms with Crippen molar-refractivity contribution in [3.05, 3.63) is 0 Å². The number of hydrogen-bond acceptors (Lipinski definition) is 3. The van der Waals surface area contributed by atoms with Crippen LogP contribution in [0.2, 0.25) is 0 Å². The van der Waals surface area contributed by atoms with Gasteiger partial charge in [-0.15, -0.1) is 0 Å².